The highest BCUT2D eigenvalue weighted by Gasteiger charge is 2.12. The van der Waals surface area contributed by atoms with E-state index in [1.807, 2.05) is 16.4 Å². The van der Waals surface area contributed by atoms with Crippen molar-refractivity contribution in [2.24, 2.45) is 0 Å². The molecule has 6 heteroatoms. The molecule has 0 unspecified atom stereocenters. The third-order valence-corrected chi connectivity index (χ3v) is 3.30. The first-order chi connectivity index (χ1) is 8.53. The molecule has 0 atom stereocenters. The van der Waals surface area contributed by atoms with Gasteiger partial charge in [-0.2, -0.15) is 11.8 Å². The molecular weight excluding hydrogens is 246 g/mol. The van der Waals surface area contributed by atoms with Gasteiger partial charge in [-0.25, -0.2) is 4.68 Å². The molecule has 1 heterocycles. The fraction of sp³-hybridized carbons (Fsp3) is 0.917. The number of nitrogens with zero attached hydrogens (tertiary/aromatic N) is 4. The van der Waals surface area contributed by atoms with Gasteiger partial charge in [-0.1, -0.05) is 6.42 Å². The number of unbranched alkanes of at least 4 members (excludes halogenated alkanes) is 2. The highest BCUT2D eigenvalue weighted by molar-refractivity contribution is 7.98. The number of tetrazole rings is 1. The van der Waals surface area contributed by atoms with Crippen LogP contribution in [0.3, 0.4) is 0 Å². The smallest absolute Gasteiger partial charge is 0.165 e. The predicted molar refractivity (Wildman–Crippen MR) is 76.6 cm³/mol. The molecule has 0 aliphatic heterocycles. The van der Waals surface area contributed by atoms with Gasteiger partial charge in [0.2, 0.25) is 0 Å². The average Bonchev–Trinajstić information content (AvgIpc) is 2.73. The summed E-state index contributed by atoms with van der Waals surface area (Å²) in [6, 6.07) is 0. The van der Waals surface area contributed by atoms with Gasteiger partial charge in [0.15, 0.2) is 5.82 Å². The van der Waals surface area contributed by atoms with E-state index in [-0.39, 0.29) is 5.54 Å². The Labute approximate surface area is 114 Å². The van der Waals surface area contributed by atoms with Crippen LogP contribution < -0.4 is 5.32 Å². The molecule has 0 aromatic carbocycles. The van der Waals surface area contributed by atoms with Gasteiger partial charge in [0.05, 0.1) is 6.54 Å². The highest BCUT2D eigenvalue weighted by Crippen LogP contribution is 2.05. The second-order valence-corrected chi connectivity index (χ2v) is 6.46. The first kappa shape index (κ1) is 15.4. The summed E-state index contributed by atoms with van der Waals surface area (Å²) in [5.41, 5.74) is 0.0924. The van der Waals surface area contributed by atoms with E-state index in [0.717, 1.165) is 25.3 Å². The lowest BCUT2D eigenvalue weighted by molar-refractivity contribution is 0.405. The molecular formula is C12H25N5S. The third kappa shape index (κ3) is 6.35. The summed E-state index contributed by atoms with van der Waals surface area (Å²) >= 11 is 1.91. The van der Waals surface area contributed by atoms with Crippen LogP contribution in [0.1, 0.15) is 45.9 Å². The van der Waals surface area contributed by atoms with Crippen molar-refractivity contribution < 1.29 is 0 Å². The summed E-state index contributed by atoms with van der Waals surface area (Å²) < 4.78 is 1.91. The molecule has 5 nitrogen and oxygen atoms in total. The third-order valence-electron chi connectivity index (χ3n) is 2.60. The maximum Gasteiger partial charge on any atom is 0.165 e. The zero-order chi connectivity index (χ0) is 13.4. The largest absolute Gasteiger partial charge is 0.305 e. The van der Waals surface area contributed by atoms with Crippen molar-refractivity contribution in [3.63, 3.8) is 0 Å². The summed E-state index contributed by atoms with van der Waals surface area (Å²) in [7, 11) is 0. The van der Waals surface area contributed by atoms with Crippen LogP contribution >= 0.6 is 11.8 Å². The van der Waals surface area contributed by atoms with E-state index in [4.69, 9.17) is 0 Å². The number of thioether (sulfide) groups is 1. The lowest BCUT2D eigenvalue weighted by Crippen LogP contribution is -2.36. The van der Waals surface area contributed by atoms with Gasteiger partial charge < -0.3 is 5.32 Å². The summed E-state index contributed by atoms with van der Waals surface area (Å²) in [6.07, 6.45) is 5.82. The van der Waals surface area contributed by atoms with Crippen LogP contribution in [0.25, 0.3) is 0 Å². The molecule has 1 N–H and O–H groups in total. The van der Waals surface area contributed by atoms with Crippen LogP contribution in [0, 0.1) is 0 Å². The van der Waals surface area contributed by atoms with Crippen LogP contribution in [0.5, 0.6) is 0 Å². The number of rotatable bonds is 8. The zero-order valence-corrected chi connectivity index (χ0v) is 12.8. The van der Waals surface area contributed by atoms with Gasteiger partial charge in [-0.3, -0.25) is 0 Å². The van der Waals surface area contributed by atoms with E-state index < -0.39 is 0 Å². The lowest BCUT2D eigenvalue weighted by atomic mass is 10.1. The van der Waals surface area contributed by atoms with Gasteiger partial charge in [-0.15, -0.1) is 5.10 Å². The molecule has 0 bridgehead atoms. The summed E-state index contributed by atoms with van der Waals surface area (Å²) in [5.74, 6) is 2.17. The van der Waals surface area contributed by atoms with E-state index in [9.17, 15) is 0 Å². The first-order valence-electron chi connectivity index (χ1n) is 6.52. The molecule has 0 radical (unpaired) electrons. The van der Waals surface area contributed by atoms with Crippen molar-refractivity contribution in [1.82, 2.24) is 25.5 Å². The topological polar surface area (TPSA) is 55.6 Å². The van der Waals surface area contributed by atoms with Crippen LogP contribution in [0.4, 0.5) is 0 Å². The molecule has 1 rings (SSSR count). The Balaban J connectivity index is 2.31. The van der Waals surface area contributed by atoms with Gasteiger partial charge in [0.25, 0.3) is 0 Å². The van der Waals surface area contributed by atoms with Gasteiger partial charge >= 0.3 is 0 Å². The lowest BCUT2D eigenvalue weighted by Gasteiger charge is -2.19. The number of hydrogen-bond acceptors (Lipinski definition) is 5. The van der Waals surface area contributed by atoms with Crippen molar-refractivity contribution in [2.45, 2.75) is 58.7 Å². The Hall–Kier alpha value is -0.620. The first-order valence-corrected chi connectivity index (χ1v) is 7.91. The molecule has 1 aromatic rings. The van der Waals surface area contributed by atoms with E-state index in [1.54, 1.807) is 0 Å². The second kappa shape index (κ2) is 7.74. The number of hydrogen-bond donors (Lipinski definition) is 1. The zero-order valence-electron chi connectivity index (χ0n) is 11.9. The van der Waals surface area contributed by atoms with Crippen LogP contribution in [-0.2, 0) is 13.1 Å². The monoisotopic (exact) mass is 271 g/mol. The molecule has 0 saturated heterocycles. The Morgan fingerprint density at radius 1 is 1.22 bits per heavy atom. The Bertz CT molecular complexity index is 331. The second-order valence-electron chi connectivity index (χ2n) is 5.48. The van der Waals surface area contributed by atoms with E-state index >= 15 is 0 Å². The fourth-order valence-corrected chi connectivity index (χ4v) is 2.05. The minimum atomic E-state index is 0.0924. The van der Waals surface area contributed by atoms with Crippen LogP contribution in [0.2, 0.25) is 0 Å². The van der Waals surface area contributed by atoms with Crippen molar-refractivity contribution in [1.29, 1.82) is 0 Å². The molecule has 104 valence electrons. The molecule has 0 aliphatic carbocycles. The van der Waals surface area contributed by atoms with Crippen LogP contribution in [0.15, 0.2) is 0 Å². The average molecular weight is 271 g/mol. The van der Waals surface area contributed by atoms with E-state index in [0.29, 0.717) is 0 Å². The summed E-state index contributed by atoms with van der Waals surface area (Å²) in [4.78, 5) is 0. The SMILES string of the molecule is CSCCCCCn1nnnc1CNC(C)(C)C. The normalized spacial score (nSPS) is 12.0. The molecule has 0 fully saturated rings. The predicted octanol–water partition coefficient (Wildman–Crippen LogP) is 2.09. The molecule has 0 spiro atoms. The maximum absolute atomic E-state index is 4.07. The fourth-order valence-electron chi connectivity index (χ4n) is 1.55. The maximum atomic E-state index is 4.07. The molecule has 0 amide bonds. The number of nitrogens with one attached hydrogen (secondary N) is 1. The minimum Gasteiger partial charge on any atom is -0.305 e. The van der Waals surface area contributed by atoms with Gasteiger partial charge in [0, 0.05) is 12.1 Å². The van der Waals surface area contributed by atoms with Crippen LogP contribution in [-0.4, -0.2) is 37.8 Å². The molecule has 0 saturated carbocycles. The van der Waals surface area contributed by atoms with Crippen molar-refractivity contribution >= 4 is 11.8 Å². The Morgan fingerprint density at radius 3 is 2.67 bits per heavy atom. The minimum absolute atomic E-state index is 0.0924. The van der Waals surface area contributed by atoms with E-state index in [1.165, 1.54) is 18.6 Å². The van der Waals surface area contributed by atoms with Crippen molar-refractivity contribution in [2.75, 3.05) is 12.0 Å². The van der Waals surface area contributed by atoms with Gasteiger partial charge in [0.1, 0.15) is 0 Å². The molecule has 1 aromatic heterocycles. The van der Waals surface area contributed by atoms with Crippen molar-refractivity contribution in [3.05, 3.63) is 5.82 Å². The Morgan fingerprint density at radius 2 is 2.00 bits per heavy atom. The number of aromatic nitrogens is 4. The molecule has 18 heavy (non-hydrogen) atoms. The molecule has 0 aliphatic rings. The van der Waals surface area contributed by atoms with E-state index in [2.05, 4.69) is 47.9 Å². The number of aryl methyl sites for hydroxylation is 1. The quantitative estimate of drug-likeness (QED) is 0.734. The Kier molecular flexibility index (Phi) is 6.63. The highest BCUT2D eigenvalue weighted by atomic mass is 32.2. The summed E-state index contributed by atoms with van der Waals surface area (Å²) in [5, 5.41) is 15.3. The van der Waals surface area contributed by atoms with Crippen molar-refractivity contribution in [3.8, 4) is 0 Å². The summed E-state index contributed by atoms with van der Waals surface area (Å²) in [6.45, 7) is 8.07. The van der Waals surface area contributed by atoms with Gasteiger partial charge in [-0.05, 0) is 56.0 Å². The standard InChI is InChI=1S/C12H25N5S/c1-12(2,3)13-10-11-14-15-16-17(11)8-6-5-7-9-18-4/h13H,5-10H2,1-4H3.